The smallest absolute Gasteiger partial charge is 0.410 e. The molecule has 0 aliphatic heterocycles. The van der Waals surface area contributed by atoms with Gasteiger partial charge in [-0.15, -0.1) is 0 Å². The molecule has 0 radical (unpaired) electrons. The van der Waals surface area contributed by atoms with E-state index in [9.17, 15) is 4.79 Å². The van der Waals surface area contributed by atoms with Gasteiger partial charge in [0.05, 0.1) is 6.54 Å². The van der Waals surface area contributed by atoms with Crippen LogP contribution in [0.2, 0.25) is 0 Å². The number of aromatic amines is 1. The predicted molar refractivity (Wildman–Crippen MR) is 98.1 cm³/mol. The molecule has 1 N–H and O–H groups in total. The minimum Gasteiger partial charge on any atom is -0.444 e. The first kappa shape index (κ1) is 17.7. The Kier molecular flexibility index (Phi) is 4.79. The van der Waals surface area contributed by atoms with Gasteiger partial charge in [0.1, 0.15) is 11.4 Å². The van der Waals surface area contributed by atoms with Crippen LogP contribution in [0.15, 0.2) is 42.7 Å². The largest absolute Gasteiger partial charge is 0.444 e. The van der Waals surface area contributed by atoms with E-state index in [1.54, 1.807) is 19.3 Å². The van der Waals surface area contributed by atoms with E-state index < -0.39 is 11.7 Å². The Bertz CT molecular complexity index is 914. The van der Waals surface area contributed by atoms with Gasteiger partial charge >= 0.3 is 6.09 Å². The SMILES string of the molecule is CN(Cc1nccc(Oc2ccc3[nH]ccc3c2)n1)C(=O)OC(C)(C)C. The molecular weight excluding hydrogens is 332 g/mol. The Morgan fingerprint density at radius 1 is 1.23 bits per heavy atom. The monoisotopic (exact) mass is 354 g/mol. The third-order valence-electron chi connectivity index (χ3n) is 3.51. The zero-order chi connectivity index (χ0) is 18.7. The first-order valence-electron chi connectivity index (χ1n) is 8.31. The van der Waals surface area contributed by atoms with Gasteiger partial charge in [-0.25, -0.2) is 9.78 Å². The van der Waals surface area contributed by atoms with Crippen molar-refractivity contribution in [3.8, 4) is 11.6 Å². The predicted octanol–water partition coefficient (Wildman–Crippen LogP) is 4.12. The molecule has 1 amide bonds. The zero-order valence-electron chi connectivity index (χ0n) is 15.3. The number of hydrogen-bond acceptors (Lipinski definition) is 5. The van der Waals surface area contributed by atoms with Crippen LogP contribution in [-0.2, 0) is 11.3 Å². The van der Waals surface area contributed by atoms with E-state index in [1.807, 2.05) is 51.2 Å². The fourth-order valence-corrected chi connectivity index (χ4v) is 2.35. The summed E-state index contributed by atoms with van der Waals surface area (Å²) in [4.78, 5) is 25.2. The molecule has 0 unspecified atom stereocenters. The minimum atomic E-state index is -0.548. The number of aromatic nitrogens is 3. The normalized spacial score (nSPS) is 11.4. The molecule has 7 heteroatoms. The second-order valence-corrected chi connectivity index (χ2v) is 6.98. The summed E-state index contributed by atoms with van der Waals surface area (Å²) in [7, 11) is 1.64. The third kappa shape index (κ3) is 4.50. The van der Waals surface area contributed by atoms with Crippen LogP contribution in [0, 0.1) is 0 Å². The first-order valence-corrected chi connectivity index (χ1v) is 8.31. The Morgan fingerprint density at radius 2 is 2.04 bits per heavy atom. The topological polar surface area (TPSA) is 80.3 Å². The highest BCUT2D eigenvalue weighted by Crippen LogP contribution is 2.24. The summed E-state index contributed by atoms with van der Waals surface area (Å²) in [6, 6.07) is 9.40. The fourth-order valence-electron chi connectivity index (χ4n) is 2.35. The lowest BCUT2D eigenvalue weighted by atomic mass is 10.2. The van der Waals surface area contributed by atoms with Crippen molar-refractivity contribution in [1.82, 2.24) is 19.9 Å². The van der Waals surface area contributed by atoms with E-state index in [1.165, 1.54) is 4.90 Å². The average molecular weight is 354 g/mol. The molecule has 136 valence electrons. The summed E-state index contributed by atoms with van der Waals surface area (Å²) in [5.74, 6) is 1.57. The van der Waals surface area contributed by atoms with Gasteiger partial charge in [-0.1, -0.05) is 0 Å². The van der Waals surface area contributed by atoms with Gasteiger partial charge in [0.2, 0.25) is 5.88 Å². The lowest BCUT2D eigenvalue weighted by Gasteiger charge is -2.24. The molecule has 0 aliphatic rings. The Morgan fingerprint density at radius 3 is 2.81 bits per heavy atom. The quantitative estimate of drug-likeness (QED) is 0.762. The number of hydrogen-bond donors (Lipinski definition) is 1. The lowest BCUT2D eigenvalue weighted by Crippen LogP contribution is -2.34. The van der Waals surface area contributed by atoms with Gasteiger partial charge in [0, 0.05) is 36.4 Å². The van der Waals surface area contributed by atoms with Crippen molar-refractivity contribution in [2.75, 3.05) is 7.05 Å². The van der Waals surface area contributed by atoms with Crippen molar-refractivity contribution in [3.63, 3.8) is 0 Å². The van der Waals surface area contributed by atoms with Crippen LogP contribution in [0.25, 0.3) is 10.9 Å². The Balaban J connectivity index is 1.68. The lowest BCUT2D eigenvalue weighted by molar-refractivity contribution is 0.0280. The number of carbonyl (C=O) groups excluding carboxylic acids is 1. The van der Waals surface area contributed by atoms with E-state index in [0.29, 0.717) is 17.5 Å². The number of benzene rings is 1. The average Bonchev–Trinajstić information content (AvgIpc) is 3.01. The van der Waals surface area contributed by atoms with Crippen LogP contribution in [0.5, 0.6) is 11.6 Å². The third-order valence-corrected chi connectivity index (χ3v) is 3.51. The summed E-state index contributed by atoms with van der Waals surface area (Å²) in [6.07, 6.45) is 3.06. The highest BCUT2D eigenvalue weighted by Gasteiger charge is 2.20. The highest BCUT2D eigenvalue weighted by molar-refractivity contribution is 5.80. The molecular formula is C19H22N4O3. The molecule has 1 aromatic carbocycles. The fraction of sp³-hybridized carbons (Fsp3) is 0.316. The van der Waals surface area contributed by atoms with Crippen molar-refractivity contribution < 1.29 is 14.3 Å². The van der Waals surface area contributed by atoms with Gasteiger partial charge in [-0.3, -0.25) is 0 Å². The molecule has 3 aromatic rings. The van der Waals surface area contributed by atoms with Gasteiger partial charge in [0.15, 0.2) is 5.82 Å². The summed E-state index contributed by atoms with van der Waals surface area (Å²) in [5, 5.41) is 1.06. The van der Waals surface area contributed by atoms with Crippen molar-refractivity contribution in [2.45, 2.75) is 32.9 Å². The molecule has 3 rings (SSSR count). The maximum Gasteiger partial charge on any atom is 0.410 e. The van der Waals surface area contributed by atoms with E-state index >= 15 is 0 Å². The number of ether oxygens (including phenoxy) is 2. The molecule has 7 nitrogen and oxygen atoms in total. The molecule has 0 saturated heterocycles. The molecule has 2 heterocycles. The van der Waals surface area contributed by atoms with E-state index in [2.05, 4.69) is 15.0 Å². The number of nitrogens with one attached hydrogen (secondary N) is 1. The maximum atomic E-state index is 12.1. The summed E-state index contributed by atoms with van der Waals surface area (Å²) < 4.78 is 11.1. The summed E-state index contributed by atoms with van der Waals surface area (Å²) in [6.45, 7) is 5.70. The van der Waals surface area contributed by atoms with Gasteiger partial charge in [-0.2, -0.15) is 4.98 Å². The van der Waals surface area contributed by atoms with E-state index in [4.69, 9.17) is 9.47 Å². The standard InChI is InChI=1S/C19H22N4O3/c1-19(2,3)26-18(24)23(4)12-16-21-10-8-17(22-16)25-14-5-6-15-13(11-14)7-9-20-15/h5-11,20H,12H2,1-4H3. The number of rotatable bonds is 4. The van der Waals surface area contributed by atoms with Crippen LogP contribution < -0.4 is 4.74 Å². The van der Waals surface area contributed by atoms with Crippen LogP contribution in [0.1, 0.15) is 26.6 Å². The minimum absolute atomic E-state index is 0.225. The number of nitrogens with zero attached hydrogens (tertiary/aromatic N) is 3. The van der Waals surface area contributed by atoms with E-state index in [0.717, 1.165) is 10.9 Å². The van der Waals surface area contributed by atoms with Crippen molar-refractivity contribution in [1.29, 1.82) is 0 Å². The number of carbonyl (C=O) groups is 1. The molecule has 0 aliphatic carbocycles. The summed E-state index contributed by atoms with van der Waals surface area (Å²) in [5.41, 5.74) is 0.494. The van der Waals surface area contributed by atoms with E-state index in [-0.39, 0.29) is 6.54 Å². The van der Waals surface area contributed by atoms with Crippen LogP contribution in [-0.4, -0.2) is 38.6 Å². The number of fused-ring (bicyclic) bond motifs is 1. The molecule has 2 aromatic heterocycles. The second-order valence-electron chi connectivity index (χ2n) is 6.98. The zero-order valence-corrected chi connectivity index (χ0v) is 15.3. The molecule has 0 spiro atoms. The maximum absolute atomic E-state index is 12.1. The molecule has 0 fully saturated rings. The van der Waals surface area contributed by atoms with Gasteiger partial charge in [0.25, 0.3) is 0 Å². The van der Waals surface area contributed by atoms with Crippen molar-refractivity contribution >= 4 is 17.0 Å². The summed E-state index contributed by atoms with van der Waals surface area (Å²) >= 11 is 0. The van der Waals surface area contributed by atoms with Gasteiger partial charge in [-0.05, 0) is 45.0 Å². The molecule has 0 saturated carbocycles. The highest BCUT2D eigenvalue weighted by atomic mass is 16.6. The number of H-pyrrole nitrogens is 1. The number of amides is 1. The van der Waals surface area contributed by atoms with Gasteiger partial charge < -0.3 is 19.4 Å². The molecule has 26 heavy (non-hydrogen) atoms. The van der Waals surface area contributed by atoms with Crippen LogP contribution >= 0.6 is 0 Å². The Labute approximate surface area is 152 Å². The van der Waals surface area contributed by atoms with Crippen molar-refractivity contribution in [2.24, 2.45) is 0 Å². The first-order chi connectivity index (χ1) is 12.3. The van der Waals surface area contributed by atoms with Crippen LogP contribution in [0.4, 0.5) is 4.79 Å². The van der Waals surface area contributed by atoms with Crippen LogP contribution in [0.3, 0.4) is 0 Å². The molecule has 0 atom stereocenters. The molecule has 0 bridgehead atoms. The van der Waals surface area contributed by atoms with Crippen molar-refractivity contribution in [3.05, 3.63) is 48.5 Å². The second kappa shape index (κ2) is 7.03. The Hall–Kier alpha value is -3.09.